The zero-order chi connectivity index (χ0) is 13.4. The number of para-hydroxylation sites is 2. The largest absolute Gasteiger partial charge is 0.508 e. The highest BCUT2D eigenvalue weighted by molar-refractivity contribution is 5.75. The molecule has 1 heterocycles. The van der Waals surface area contributed by atoms with Crippen molar-refractivity contribution in [2.45, 2.75) is 6.54 Å². The van der Waals surface area contributed by atoms with E-state index in [9.17, 15) is 9.90 Å². The highest BCUT2D eigenvalue weighted by atomic mass is 16.3. The van der Waals surface area contributed by atoms with Crippen LogP contribution in [0.25, 0.3) is 11.0 Å². The molecule has 0 saturated heterocycles. The van der Waals surface area contributed by atoms with Gasteiger partial charge in [-0.1, -0.05) is 24.3 Å². The topological polar surface area (TPSA) is 47.2 Å². The lowest BCUT2D eigenvalue weighted by Crippen LogP contribution is -2.22. The molecule has 0 aliphatic carbocycles. The van der Waals surface area contributed by atoms with E-state index in [1.165, 1.54) is 0 Å². The quantitative estimate of drug-likeness (QED) is 0.761. The van der Waals surface area contributed by atoms with Crippen LogP contribution >= 0.6 is 0 Å². The molecule has 96 valence electrons. The highest BCUT2D eigenvalue weighted by Crippen LogP contribution is 2.15. The van der Waals surface area contributed by atoms with Crippen LogP contribution < -0.4 is 5.69 Å². The Morgan fingerprint density at radius 2 is 1.63 bits per heavy atom. The van der Waals surface area contributed by atoms with Gasteiger partial charge in [0, 0.05) is 7.05 Å². The molecule has 0 atom stereocenters. The van der Waals surface area contributed by atoms with E-state index in [1.807, 2.05) is 36.4 Å². The van der Waals surface area contributed by atoms with Gasteiger partial charge in [0.05, 0.1) is 17.6 Å². The fourth-order valence-corrected chi connectivity index (χ4v) is 2.30. The summed E-state index contributed by atoms with van der Waals surface area (Å²) in [5.41, 5.74) is 2.79. The van der Waals surface area contributed by atoms with E-state index in [0.717, 1.165) is 16.6 Å². The average Bonchev–Trinajstić information content (AvgIpc) is 2.67. The molecule has 3 aromatic rings. The number of phenolic OH excluding ortho intramolecular Hbond substituents is 1. The second-order valence-corrected chi connectivity index (χ2v) is 4.58. The maximum absolute atomic E-state index is 12.2. The lowest BCUT2D eigenvalue weighted by atomic mass is 10.2. The molecule has 0 saturated carbocycles. The minimum atomic E-state index is -0.0331. The third-order valence-electron chi connectivity index (χ3n) is 3.33. The number of aromatic hydroxyl groups is 1. The summed E-state index contributed by atoms with van der Waals surface area (Å²) in [5, 5.41) is 9.28. The van der Waals surface area contributed by atoms with Crippen molar-refractivity contribution in [1.29, 1.82) is 0 Å². The Hall–Kier alpha value is -2.49. The number of hydrogen-bond acceptors (Lipinski definition) is 2. The number of phenols is 1. The van der Waals surface area contributed by atoms with Crippen molar-refractivity contribution in [3.63, 3.8) is 0 Å². The highest BCUT2D eigenvalue weighted by Gasteiger charge is 2.09. The fraction of sp³-hybridized carbons (Fsp3) is 0.133. The minimum Gasteiger partial charge on any atom is -0.508 e. The van der Waals surface area contributed by atoms with Crippen LogP contribution in [0.3, 0.4) is 0 Å². The summed E-state index contributed by atoms with van der Waals surface area (Å²) in [6.45, 7) is 0.500. The lowest BCUT2D eigenvalue weighted by Gasteiger charge is -2.03. The molecule has 19 heavy (non-hydrogen) atoms. The van der Waals surface area contributed by atoms with Crippen LogP contribution in [0.1, 0.15) is 5.56 Å². The van der Waals surface area contributed by atoms with Gasteiger partial charge in [-0.15, -0.1) is 0 Å². The normalized spacial score (nSPS) is 11.0. The second kappa shape index (κ2) is 4.31. The van der Waals surface area contributed by atoms with Gasteiger partial charge >= 0.3 is 5.69 Å². The van der Waals surface area contributed by atoms with E-state index >= 15 is 0 Å². The van der Waals surface area contributed by atoms with E-state index in [1.54, 1.807) is 28.3 Å². The smallest absolute Gasteiger partial charge is 0.329 e. The Balaban J connectivity index is 2.13. The number of benzene rings is 2. The van der Waals surface area contributed by atoms with Crippen molar-refractivity contribution >= 4 is 11.0 Å². The lowest BCUT2D eigenvalue weighted by molar-refractivity contribution is 0.475. The summed E-state index contributed by atoms with van der Waals surface area (Å²) in [4.78, 5) is 12.2. The van der Waals surface area contributed by atoms with Crippen LogP contribution in [0.2, 0.25) is 0 Å². The average molecular weight is 254 g/mol. The van der Waals surface area contributed by atoms with E-state index in [-0.39, 0.29) is 11.4 Å². The number of fused-ring (bicyclic) bond motifs is 1. The summed E-state index contributed by atoms with van der Waals surface area (Å²) >= 11 is 0. The maximum Gasteiger partial charge on any atom is 0.329 e. The first-order valence-electron chi connectivity index (χ1n) is 6.09. The predicted molar refractivity (Wildman–Crippen MR) is 74.4 cm³/mol. The van der Waals surface area contributed by atoms with Gasteiger partial charge in [0.15, 0.2) is 0 Å². The maximum atomic E-state index is 12.2. The predicted octanol–water partition coefficient (Wildman–Crippen LogP) is 2.09. The summed E-state index contributed by atoms with van der Waals surface area (Å²) in [7, 11) is 1.78. The minimum absolute atomic E-state index is 0.0331. The van der Waals surface area contributed by atoms with Gasteiger partial charge in [-0.2, -0.15) is 0 Å². The van der Waals surface area contributed by atoms with Gasteiger partial charge in [0.25, 0.3) is 0 Å². The Labute approximate surface area is 110 Å². The van der Waals surface area contributed by atoms with Crippen molar-refractivity contribution in [3.05, 3.63) is 64.6 Å². The molecule has 1 aromatic heterocycles. The number of hydrogen-bond donors (Lipinski definition) is 1. The van der Waals surface area contributed by atoms with Gasteiger partial charge in [0.1, 0.15) is 5.75 Å². The fourth-order valence-electron chi connectivity index (χ4n) is 2.30. The Morgan fingerprint density at radius 1 is 1.00 bits per heavy atom. The van der Waals surface area contributed by atoms with Crippen molar-refractivity contribution in [1.82, 2.24) is 9.13 Å². The van der Waals surface area contributed by atoms with E-state index in [4.69, 9.17) is 0 Å². The van der Waals surface area contributed by atoms with Crippen LogP contribution in [-0.2, 0) is 13.6 Å². The molecule has 2 aromatic carbocycles. The van der Waals surface area contributed by atoms with Gasteiger partial charge in [-0.3, -0.25) is 9.13 Å². The number of aryl methyl sites for hydroxylation is 1. The zero-order valence-electron chi connectivity index (χ0n) is 10.6. The van der Waals surface area contributed by atoms with Crippen LogP contribution in [-0.4, -0.2) is 14.2 Å². The molecule has 0 aliphatic rings. The third kappa shape index (κ3) is 1.91. The standard InChI is InChI=1S/C15H14N2O2/c1-16-13-4-2-3-5-14(13)17(15(16)19)10-11-6-8-12(18)9-7-11/h2-9,18H,10H2,1H3. The van der Waals surface area contributed by atoms with Gasteiger partial charge < -0.3 is 5.11 Å². The van der Waals surface area contributed by atoms with Crippen LogP contribution in [0.4, 0.5) is 0 Å². The molecular formula is C15H14N2O2. The molecule has 0 spiro atoms. The first kappa shape index (κ1) is 11.6. The molecule has 0 unspecified atom stereocenters. The Kier molecular flexibility index (Phi) is 2.63. The first-order chi connectivity index (χ1) is 9.16. The van der Waals surface area contributed by atoms with E-state index in [2.05, 4.69) is 0 Å². The van der Waals surface area contributed by atoms with Gasteiger partial charge in [-0.05, 0) is 29.8 Å². The molecule has 1 N–H and O–H groups in total. The van der Waals surface area contributed by atoms with Gasteiger partial charge in [0.2, 0.25) is 0 Å². The third-order valence-corrected chi connectivity index (χ3v) is 3.33. The molecule has 4 heteroatoms. The zero-order valence-corrected chi connectivity index (χ0v) is 10.6. The first-order valence-corrected chi connectivity index (χ1v) is 6.09. The number of nitrogens with zero attached hydrogens (tertiary/aromatic N) is 2. The summed E-state index contributed by atoms with van der Waals surface area (Å²) in [6.07, 6.45) is 0. The number of rotatable bonds is 2. The molecule has 4 nitrogen and oxygen atoms in total. The van der Waals surface area contributed by atoms with Crippen molar-refractivity contribution in [2.24, 2.45) is 7.05 Å². The van der Waals surface area contributed by atoms with Crippen LogP contribution in [0.5, 0.6) is 5.75 Å². The summed E-state index contributed by atoms with van der Waals surface area (Å²) < 4.78 is 3.39. The molecule has 0 aliphatic heterocycles. The molecule has 0 radical (unpaired) electrons. The molecule has 0 bridgehead atoms. The van der Waals surface area contributed by atoms with E-state index in [0.29, 0.717) is 6.54 Å². The van der Waals surface area contributed by atoms with E-state index < -0.39 is 0 Å². The number of aromatic nitrogens is 2. The molecular weight excluding hydrogens is 240 g/mol. The molecule has 0 fully saturated rings. The van der Waals surface area contributed by atoms with Crippen molar-refractivity contribution in [2.75, 3.05) is 0 Å². The van der Waals surface area contributed by atoms with Crippen molar-refractivity contribution in [3.8, 4) is 5.75 Å². The second-order valence-electron chi connectivity index (χ2n) is 4.58. The number of imidazole rings is 1. The van der Waals surface area contributed by atoms with Crippen molar-refractivity contribution < 1.29 is 5.11 Å². The molecule has 3 rings (SSSR count). The molecule has 0 amide bonds. The van der Waals surface area contributed by atoms with Crippen LogP contribution in [0, 0.1) is 0 Å². The Morgan fingerprint density at radius 3 is 2.32 bits per heavy atom. The van der Waals surface area contributed by atoms with Gasteiger partial charge in [-0.25, -0.2) is 4.79 Å². The van der Waals surface area contributed by atoms with Crippen LogP contribution in [0.15, 0.2) is 53.3 Å². The SMILES string of the molecule is Cn1c(=O)n(Cc2ccc(O)cc2)c2ccccc21. The Bertz CT molecular complexity index is 782. The monoisotopic (exact) mass is 254 g/mol. The summed E-state index contributed by atoms with van der Waals surface area (Å²) in [5.74, 6) is 0.231. The summed E-state index contributed by atoms with van der Waals surface area (Å²) in [6, 6.07) is 14.6.